The summed E-state index contributed by atoms with van der Waals surface area (Å²) in [5.74, 6) is 1.13. The second kappa shape index (κ2) is 6.26. The highest BCUT2D eigenvalue weighted by Gasteiger charge is 2.15. The summed E-state index contributed by atoms with van der Waals surface area (Å²) >= 11 is 18.2. The number of nitrogens with zero attached hydrogens (tertiary/aromatic N) is 3. The highest BCUT2D eigenvalue weighted by atomic mass is 35.5. The van der Waals surface area contributed by atoms with Gasteiger partial charge >= 0.3 is 0 Å². The maximum absolute atomic E-state index is 6.28. The highest BCUT2D eigenvalue weighted by Crippen LogP contribution is 2.30. The van der Waals surface area contributed by atoms with Crippen molar-refractivity contribution in [2.24, 2.45) is 5.73 Å². The Bertz CT molecular complexity index is 812. The zero-order chi connectivity index (χ0) is 15.7. The molecule has 0 amide bonds. The van der Waals surface area contributed by atoms with Gasteiger partial charge in [0.25, 0.3) is 0 Å². The van der Waals surface area contributed by atoms with Crippen molar-refractivity contribution in [1.82, 2.24) is 14.8 Å². The molecule has 0 fully saturated rings. The molecule has 7 heteroatoms. The molecule has 0 atom stereocenters. The van der Waals surface area contributed by atoms with Gasteiger partial charge in [-0.15, -0.1) is 5.10 Å². The molecule has 3 aromatic rings. The van der Waals surface area contributed by atoms with Crippen LogP contribution in [-0.4, -0.2) is 14.8 Å². The van der Waals surface area contributed by atoms with E-state index in [1.165, 1.54) is 0 Å². The monoisotopic (exact) mass is 352 g/mol. The SMILES string of the molecule is NCc1nc(-c2ccc(Cl)cc2Cl)n(-c2ccc(Cl)cc2)n1. The van der Waals surface area contributed by atoms with E-state index in [1.54, 1.807) is 35.0 Å². The lowest BCUT2D eigenvalue weighted by Gasteiger charge is -2.07. The highest BCUT2D eigenvalue weighted by molar-refractivity contribution is 6.36. The van der Waals surface area contributed by atoms with E-state index in [-0.39, 0.29) is 6.54 Å². The van der Waals surface area contributed by atoms with Crippen molar-refractivity contribution in [2.75, 3.05) is 0 Å². The van der Waals surface area contributed by atoms with Gasteiger partial charge < -0.3 is 5.73 Å². The third-order valence-corrected chi connectivity index (χ3v) is 3.88. The maximum Gasteiger partial charge on any atom is 0.165 e. The minimum absolute atomic E-state index is 0.235. The van der Waals surface area contributed by atoms with Crippen LogP contribution in [0.25, 0.3) is 17.1 Å². The van der Waals surface area contributed by atoms with Gasteiger partial charge in [-0.2, -0.15) is 0 Å². The van der Waals surface area contributed by atoms with Gasteiger partial charge in [0.05, 0.1) is 17.3 Å². The Kier molecular flexibility index (Phi) is 4.36. The van der Waals surface area contributed by atoms with E-state index >= 15 is 0 Å². The number of halogens is 3. The Balaban J connectivity index is 2.18. The summed E-state index contributed by atoms with van der Waals surface area (Å²) in [5.41, 5.74) is 7.21. The lowest BCUT2D eigenvalue weighted by atomic mass is 10.2. The summed E-state index contributed by atoms with van der Waals surface area (Å²) in [6.07, 6.45) is 0. The van der Waals surface area contributed by atoms with Crippen LogP contribution in [-0.2, 0) is 6.54 Å². The van der Waals surface area contributed by atoms with Gasteiger partial charge in [-0.25, -0.2) is 9.67 Å². The zero-order valence-electron chi connectivity index (χ0n) is 11.3. The molecule has 0 spiro atoms. The summed E-state index contributed by atoms with van der Waals surface area (Å²) < 4.78 is 1.69. The lowest BCUT2D eigenvalue weighted by Crippen LogP contribution is -2.02. The van der Waals surface area contributed by atoms with Crippen molar-refractivity contribution < 1.29 is 0 Å². The van der Waals surface area contributed by atoms with Gasteiger partial charge in [0.1, 0.15) is 0 Å². The van der Waals surface area contributed by atoms with E-state index in [0.29, 0.717) is 26.7 Å². The first-order valence-electron chi connectivity index (χ1n) is 6.46. The Labute approximate surface area is 142 Å². The van der Waals surface area contributed by atoms with Crippen molar-refractivity contribution >= 4 is 34.8 Å². The van der Waals surface area contributed by atoms with Crippen molar-refractivity contribution in [2.45, 2.75) is 6.54 Å². The Morgan fingerprint density at radius 1 is 0.955 bits per heavy atom. The number of rotatable bonds is 3. The van der Waals surface area contributed by atoms with Crippen LogP contribution in [0.4, 0.5) is 0 Å². The molecule has 0 aliphatic heterocycles. The van der Waals surface area contributed by atoms with Crippen LogP contribution in [0, 0.1) is 0 Å². The summed E-state index contributed by atoms with van der Waals surface area (Å²) in [4.78, 5) is 4.45. The molecule has 2 aromatic carbocycles. The molecule has 112 valence electrons. The number of nitrogens with two attached hydrogens (primary N) is 1. The van der Waals surface area contributed by atoms with Crippen molar-refractivity contribution in [3.05, 3.63) is 63.4 Å². The second-order valence-corrected chi connectivity index (χ2v) is 5.85. The molecule has 0 unspecified atom stereocenters. The first-order valence-corrected chi connectivity index (χ1v) is 7.59. The number of hydrogen-bond donors (Lipinski definition) is 1. The molecule has 0 aliphatic carbocycles. The molecule has 0 aliphatic rings. The third kappa shape index (κ3) is 2.96. The molecule has 1 heterocycles. The van der Waals surface area contributed by atoms with Crippen LogP contribution < -0.4 is 5.73 Å². The fourth-order valence-corrected chi connectivity index (χ4v) is 2.67. The summed E-state index contributed by atoms with van der Waals surface area (Å²) in [6, 6.07) is 12.5. The van der Waals surface area contributed by atoms with Gasteiger partial charge in [-0.3, -0.25) is 0 Å². The smallest absolute Gasteiger partial charge is 0.165 e. The molecule has 22 heavy (non-hydrogen) atoms. The normalized spacial score (nSPS) is 10.9. The largest absolute Gasteiger partial charge is 0.324 e. The number of benzene rings is 2. The van der Waals surface area contributed by atoms with Crippen LogP contribution in [0.3, 0.4) is 0 Å². The molecular formula is C15H11Cl3N4. The van der Waals surface area contributed by atoms with Crippen LogP contribution in [0.15, 0.2) is 42.5 Å². The van der Waals surface area contributed by atoms with E-state index in [1.807, 2.05) is 12.1 Å². The first-order chi connectivity index (χ1) is 10.6. The quantitative estimate of drug-likeness (QED) is 0.761. The van der Waals surface area contributed by atoms with Gasteiger partial charge in [-0.1, -0.05) is 34.8 Å². The van der Waals surface area contributed by atoms with Crippen molar-refractivity contribution in [3.63, 3.8) is 0 Å². The average molecular weight is 354 g/mol. The number of hydrogen-bond acceptors (Lipinski definition) is 3. The summed E-state index contributed by atoms with van der Waals surface area (Å²) in [6.45, 7) is 0.235. The molecule has 0 bridgehead atoms. The lowest BCUT2D eigenvalue weighted by molar-refractivity contribution is 0.834. The topological polar surface area (TPSA) is 56.7 Å². The third-order valence-electron chi connectivity index (χ3n) is 3.08. The maximum atomic E-state index is 6.28. The minimum atomic E-state index is 0.235. The minimum Gasteiger partial charge on any atom is -0.324 e. The van der Waals surface area contributed by atoms with E-state index in [4.69, 9.17) is 40.5 Å². The van der Waals surface area contributed by atoms with E-state index < -0.39 is 0 Å². The Morgan fingerprint density at radius 2 is 1.64 bits per heavy atom. The Hall–Kier alpha value is -1.59. The molecular weight excluding hydrogens is 343 g/mol. The fourth-order valence-electron chi connectivity index (χ4n) is 2.05. The number of aromatic nitrogens is 3. The summed E-state index contributed by atoms with van der Waals surface area (Å²) in [7, 11) is 0. The van der Waals surface area contributed by atoms with Crippen molar-refractivity contribution in [3.8, 4) is 17.1 Å². The predicted molar refractivity (Wildman–Crippen MR) is 89.7 cm³/mol. The standard InChI is InChI=1S/C15H11Cl3N4/c16-9-1-4-11(5-2-9)22-15(20-14(8-19)21-22)12-6-3-10(17)7-13(12)18/h1-7H,8,19H2. The molecule has 0 saturated carbocycles. The van der Waals surface area contributed by atoms with Crippen LogP contribution in [0.1, 0.15) is 5.82 Å². The molecule has 2 N–H and O–H groups in total. The second-order valence-electron chi connectivity index (χ2n) is 4.57. The summed E-state index contributed by atoms with van der Waals surface area (Å²) in [5, 5.41) is 6.12. The molecule has 3 rings (SSSR count). The Morgan fingerprint density at radius 3 is 2.27 bits per heavy atom. The van der Waals surface area contributed by atoms with Gasteiger partial charge in [-0.05, 0) is 42.5 Å². The molecule has 1 aromatic heterocycles. The zero-order valence-corrected chi connectivity index (χ0v) is 13.6. The van der Waals surface area contributed by atoms with E-state index in [0.717, 1.165) is 11.3 Å². The average Bonchev–Trinajstić information content (AvgIpc) is 2.92. The molecule has 0 radical (unpaired) electrons. The molecule has 4 nitrogen and oxygen atoms in total. The van der Waals surface area contributed by atoms with Gasteiger partial charge in [0.2, 0.25) is 0 Å². The predicted octanol–water partition coefficient (Wildman–Crippen LogP) is 4.35. The van der Waals surface area contributed by atoms with Crippen LogP contribution >= 0.6 is 34.8 Å². The fraction of sp³-hybridized carbons (Fsp3) is 0.0667. The van der Waals surface area contributed by atoms with Gasteiger partial charge in [0.15, 0.2) is 11.6 Å². The van der Waals surface area contributed by atoms with E-state index in [2.05, 4.69) is 10.1 Å². The van der Waals surface area contributed by atoms with Crippen LogP contribution in [0.5, 0.6) is 0 Å². The van der Waals surface area contributed by atoms with Crippen molar-refractivity contribution in [1.29, 1.82) is 0 Å². The van der Waals surface area contributed by atoms with Gasteiger partial charge in [0, 0.05) is 15.6 Å². The first kappa shape index (κ1) is 15.3. The molecule has 0 saturated heterocycles. The van der Waals surface area contributed by atoms with E-state index in [9.17, 15) is 0 Å². The van der Waals surface area contributed by atoms with Crippen LogP contribution in [0.2, 0.25) is 15.1 Å².